The van der Waals surface area contributed by atoms with Gasteiger partial charge in [0, 0.05) is 12.4 Å². The van der Waals surface area contributed by atoms with Crippen molar-refractivity contribution in [3.8, 4) is 0 Å². The minimum atomic E-state index is -1.75. The van der Waals surface area contributed by atoms with Gasteiger partial charge in [-0.25, -0.2) is 0 Å². The van der Waals surface area contributed by atoms with E-state index in [1.165, 1.54) is 13.8 Å². The number of nitrogens with two attached hydrogens (primary N) is 1. The van der Waals surface area contributed by atoms with Gasteiger partial charge in [-0.1, -0.05) is 0 Å². The number of rotatable bonds is 7. The van der Waals surface area contributed by atoms with Crippen molar-refractivity contribution in [1.82, 2.24) is 0 Å². The molecule has 0 unspecified atom stereocenters. The molecule has 0 aromatic heterocycles. The van der Waals surface area contributed by atoms with Crippen LogP contribution in [0.1, 0.15) is 20.3 Å². The van der Waals surface area contributed by atoms with Gasteiger partial charge in [0.2, 0.25) is 5.60 Å². The number of carboxylic acid groups (broad SMARTS) is 1. The van der Waals surface area contributed by atoms with Crippen LogP contribution in [-0.4, -0.2) is 61.5 Å². The number of ether oxygens (including phenoxy) is 1. The van der Waals surface area contributed by atoms with Gasteiger partial charge < -0.3 is 24.9 Å². The Morgan fingerprint density at radius 3 is 2.00 bits per heavy atom. The van der Waals surface area contributed by atoms with Crippen LogP contribution in [0.25, 0.3) is 0 Å². The third-order valence-electron chi connectivity index (χ3n) is 2.47. The smallest absolute Gasteiger partial charge is 0.323 e. The predicted molar refractivity (Wildman–Crippen MR) is 72.9 cm³/mol. The van der Waals surface area contributed by atoms with Crippen molar-refractivity contribution in [2.45, 2.75) is 31.9 Å². The Kier molecular flexibility index (Phi) is 7.99. The van der Waals surface area contributed by atoms with E-state index < -0.39 is 35.8 Å². The summed E-state index contributed by atoms with van der Waals surface area (Å²) in [6, 6.07) is -0.937. The molecule has 0 amide bonds. The lowest BCUT2D eigenvalue weighted by Gasteiger charge is -2.37. The lowest BCUT2D eigenvalue weighted by Crippen LogP contribution is -2.58. The lowest BCUT2D eigenvalue weighted by molar-refractivity contribution is -0.875. The largest absolute Gasteiger partial charge is 0.550 e. The van der Waals surface area contributed by atoms with E-state index >= 15 is 0 Å². The first-order valence-corrected chi connectivity index (χ1v) is 5.89. The summed E-state index contributed by atoms with van der Waals surface area (Å²) < 4.78 is 5.35. The molecule has 0 rings (SSSR count). The highest BCUT2D eigenvalue weighted by Crippen LogP contribution is 2.21. The normalized spacial score (nSPS) is 15.5. The number of aliphatic carboxylic acids is 1. The number of nitrogens with zero attached hydrogens (tertiary/aromatic N) is 1. The van der Waals surface area contributed by atoms with Crippen molar-refractivity contribution < 1.29 is 28.7 Å². The molecular formula is C12H23ClN2O5. The molecule has 20 heavy (non-hydrogen) atoms. The molecule has 0 radical (unpaired) electrons. The molecule has 0 spiro atoms. The van der Waals surface area contributed by atoms with Crippen molar-refractivity contribution in [2.75, 3.05) is 27.7 Å². The topological polar surface area (TPSA) is 110 Å². The van der Waals surface area contributed by atoms with Gasteiger partial charge in [-0.3, -0.25) is 9.59 Å². The number of likely N-dealkylation sites (N-methyl/N-ethyl adjacent to an activating group) is 1. The first-order valence-electron chi connectivity index (χ1n) is 5.89. The number of hydrogen-bond donors (Lipinski definition) is 1. The molecule has 0 saturated carbocycles. The van der Waals surface area contributed by atoms with Crippen molar-refractivity contribution in [3.63, 3.8) is 0 Å². The number of halogens is 1. The van der Waals surface area contributed by atoms with Crippen LogP contribution in [0.4, 0.5) is 0 Å². The molecule has 0 aromatic rings. The van der Waals surface area contributed by atoms with Crippen molar-refractivity contribution in [2.24, 2.45) is 5.73 Å². The van der Waals surface area contributed by atoms with Gasteiger partial charge in [0.25, 0.3) is 0 Å². The maximum Gasteiger partial charge on any atom is 0.323 e. The van der Waals surface area contributed by atoms with E-state index in [1.807, 2.05) is 0 Å². The number of ketones is 1. The molecule has 0 aliphatic rings. The fourth-order valence-corrected chi connectivity index (χ4v) is 1.72. The standard InChI is InChI=1S/C12H22N2O5.ClH/c1-8(13)11(18)19-12(9(2)15,6-10(16)17)7-14(3,4)5;/h8H,6-7,13H2,1-5H3;1H/t8-,12+;/m0./s1. The van der Waals surface area contributed by atoms with Crippen molar-refractivity contribution in [3.05, 3.63) is 0 Å². The molecule has 0 bridgehead atoms. The number of quaternary nitrogens is 1. The summed E-state index contributed by atoms with van der Waals surface area (Å²) in [5.41, 5.74) is 3.64. The van der Waals surface area contributed by atoms with E-state index in [1.54, 1.807) is 21.1 Å². The maximum atomic E-state index is 11.8. The monoisotopic (exact) mass is 310 g/mol. The van der Waals surface area contributed by atoms with E-state index in [4.69, 9.17) is 10.5 Å². The minimum Gasteiger partial charge on any atom is -0.550 e. The first kappa shape index (κ1) is 21.1. The third-order valence-corrected chi connectivity index (χ3v) is 2.47. The number of carbonyl (C=O) groups excluding carboxylic acids is 3. The predicted octanol–water partition coefficient (Wildman–Crippen LogP) is -1.53. The zero-order chi connectivity index (χ0) is 15.4. The van der Waals surface area contributed by atoms with Crippen LogP contribution in [0.15, 0.2) is 0 Å². The summed E-state index contributed by atoms with van der Waals surface area (Å²) in [5.74, 6) is -2.82. The molecule has 7 nitrogen and oxygen atoms in total. The molecule has 0 aliphatic carbocycles. The SMILES string of the molecule is CC(=O)[C@@](CC(=O)[O-])(C[N+](C)(C)C)OC(=O)[C@H](C)N.Cl. The van der Waals surface area contributed by atoms with Crippen LogP contribution in [0.2, 0.25) is 0 Å². The number of carboxylic acids is 1. The lowest BCUT2D eigenvalue weighted by atomic mass is 9.93. The molecule has 0 heterocycles. The van der Waals surface area contributed by atoms with Crippen LogP contribution in [0, 0.1) is 0 Å². The van der Waals surface area contributed by atoms with Gasteiger partial charge in [0.1, 0.15) is 12.6 Å². The Morgan fingerprint density at radius 1 is 1.30 bits per heavy atom. The van der Waals surface area contributed by atoms with Crippen LogP contribution < -0.4 is 10.8 Å². The number of Topliss-reactive ketones (excluding diaryl/α,β-unsaturated/α-hetero) is 1. The second-order valence-corrected chi connectivity index (χ2v) is 5.76. The number of carbonyl (C=O) groups is 3. The summed E-state index contributed by atoms with van der Waals surface area (Å²) in [6.45, 7) is 2.61. The number of hydrogen-bond acceptors (Lipinski definition) is 6. The van der Waals surface area contributed by atoms with E-state index in [0.29, 0.717) is 0 Å². The van der Waals surface area contributed by atoms with E-state index in [9.17, 15) is 19.5 Å². The highest BCUT2D eigenvalue weighted by Gasteiger charge is 2.45. The molecule has 118 valence electrons. The van der Waals surface area contributed by atoms with E-state index in [2.05, 4.69) is 0 Å². The van der Waals surface area contributed by atoms with Crippen LogP contribution in [0.3, 0.4) is 0 Å². The molecule has 0 aliphatic heterocycles. The molecule has 2 N–H and O–H groups in total. The average Bonchev–Trinajstić information content (AvgIpc) is 2.12. The van der Waals surface area contributed by atoms with Gasteiger partial charge in [0.15, 0.2) is 5.78 Å². The Balaban J connectivity index is 0. The highest BCUT2D eigenvalue weighted by molar-refractivity contribution is 5.92. The molecule has 8 heteroatoms. The zero-order valence-electron chi connectivity index (χ0n) is 12.5. The summed E-state index contributed by atoms with van der Waals surface area (Å²) in [7, 11) is 5.27. The quantitative estimate of drug-likeness (QED) is 0.451. The first-order chi connectivity index (χ1) is 8.39. The van der Waals surface area contributed by atoms with Gasteiger partial charge in [-0.05, 0) is 13.8 Å². The fraction of sp³-hybridized carbons (Fsp3) is 0.750. The Hall–Kier alpha value is -1.18. The van der Waals surface area contributed by atoms with Crippen molar-refractivity contribution in [1.29, 1.82) is 0 Å². The van der Waals surface area contributed by atoms with Gasteiger partial charge in [0.05, 0.1) is 21.1 Å². The molecule has 0 fully saturated rings. The van der Waals surface area contributed by atoms with Crippen molar-refractivity contribution >= 4 is 30.1 Å². The average molecular weight is 311 g/mol. The summed E-state index contributed by atoms with van der Waals surface area (Å²) in [4.78, 5) is 34.3. The van der Waals surface area contributed by atoms with E-state index in [0.717, 1.165) is 0 Å². The molecule has 0 saturated heterocycles. The Labute approximate surface area is 125 Å². The summed E-state index contributed by atoms with van der Waals surface area (Å²) in [6.07, 6.45) is -0.684. The van der Waals surface area contributed by atoms with Gasteiger partial charge >= 0.3 is 5.97 Å². The fourth-order valence-electron chi connectivity index (χ4n) is 1.72. The Bertz CT molecular complexity index is 379. The highest BCUT2D eigenvalue weighted by atomic mass is 35.5. The maximum absolute atomic E-state index is 11.8. The summed E-state index contributed by atoms with van der Waals surface area (Å²) in [5, 5.41) is 10.9. The van der Waals surface area contributed by atoms with Crippen LogP contribution in [-0.2, 0) is 19.1 Å². The van der Waals surface area contributed by atoms with E-state index in [-0.39, 0.29) is 23.4 Å². The second-order valence-electron chi connectivity index (χ2n) is 5.76. The second kappa shape index (κ2) is 7.56. The molecule has 0 aromatic carbocycles. The summed E-state index contributed by atoms with van der Waals surface area (Å²) >= 11 is 0. The Morgan fingerprint density at radius 2 is 1.75 bits per heavy atom. The minimum absolute atomic E-state index is 0. The molecular weight excluding hydrogens is 288 g/mol. The van der Waals surface area contributed by atoms with Gasteiger partial charge in [-0.15, -0.1) is 12.4 Å². The van der Waals surface area contributed by atoms with Crippen LogP contribution in [0.5, 0.6) is 0 Å². The zero-order valence-corrected chi connectivity index (χ0v) is 13.3. The van der Waals surface area contributed by atoms with Crippen LogP contribution >= 0.6 is 12.4 Å². The third kappa shape index (κ3) is 6.83. The number of esters is 1. The molecule has 2 atom stereocenters. The van der Waals surface area contributed by atoms with Gasteiger partial charge in [-0.2, -0.15) is 0 Å².